The van der Waals surface area contributed by atoms with E-state index in [1.807, 2.05) is 11.3 Å². The molecule has 2 aromatic heterocycles. The van der Waals surface area contributed by atoms with Crippen LogP contribution in [-0.2, 0) is 12.8 Å². The molecule has 0 amide bonds. The van der Waals surface area contributed by atoms with Gasteiger partial charge in [0.1, 0.15) is 5.71 Å². The summed E-state index contributed by atoms with van der Waals surface area (Å²) in [6, 6.07) is 4.82. The molecule has 0 fully saturated rings. The van der Waals surface area contributed by atoms with Crippen LogP contribution in [0.1, 0.15) is 99.9 Å². The first-order valence-electron chi connectivity index (χ1n) is 13.8. The Morgan fingerprint density at radius 3 is 2.00 bits per heavy atom. The van der Waals surface area contributed by atoms with Crippen LogP contribution in [0.3, 0.4) is 0 Å². The zero-order valence-electron chi connectivity index (χ0n) is 22.4. The second kappa shape index (κ2) is 14.4. The van der Waals surface area contributed by atoms with Crippen molar-refractivity contribution in [2.45, 2.75) is 97.9 Å². The van der Waals surface area contributed by atoms with Gasteiger partial charge in [-0.2, -0.15) is 0 Å². The number of hydrogen-bond acceptors (Lipinski definition) is 6. The average Bonchev–Trinajstić information content (AvgIpc) is 3.62. The molecule has 4 heterocycles. The first-order chi connectivity index (χ1) is 18.0. The summed E-state index contributed by atoms with van der Waals surface area (Å²) in [5, 5.41) is 0. The molecule has 3 unspecified atom stereocenters. The Balaban J connectivity index is 1.56. The summed E-state index contributed by atoms with van der Waals surface area (Å²) in [5.74, 6) is 1.50. The number of aliphatic imine (C=N–C) groups is 1. The molecule has 1 N–H and O–H groups in total. The van der Waals surface area contributed by atoms with Gasteiger partial charge >= 0.3 is 0 Å². The molecule has 0 radical (unpaired) electrons. The summed E-state index contributed by atoms with van der Waals surface area (Å²) in [4.78, 5) is 7.51. The largest absolute Gasteiger partial charge is 0.253 e. The third-order valence-electron chi connectivity index (χ3n) is 7.61. The van der Waals surface area contributed by atoms with Crippen molar-refractivity contribution in [1.82, 2.24) is 4.72 Å². The summed E-state index contributed by atoms with van der Waals surface area (Å²) in [6.07, 6.45) is 14.6. The topological polar surface area (TPSA) is 36.8 Å². The fourth-order valence-electron chi connectivity index (χ4n) is 5.16. The molecule has 2 aromatic rings. The Bertz CT molecular complexity index is 1150. The molecule has 2 aliphatic heterocycles. The molecule has 0 spiro atoms. The maximum Gasteiger partial charge on any atom is 0.104 e. The van der Waals surface area contributed by atoms with E-state index in [-0.39, 0.29) is 6.04 Å². The fraction of sp³-hybridized carbons (Fsp3) is 0.586. The lowest BCUT2D eigenvalue weighted by Crippen LogP contribution is -2.36. The molecular weight excluding hydrogens is 646 g/mol. The van der Waals surface area contributed by atoms with Gasteiger partial charge in [-0.05, 0) is 79.8 Å². The van der Waals surface area contributed by atoms with Crippen LogP contribution >= 0.6 is 66.7 Å². The highest BCUT2D eigenvalue weighted by Gasteiger charge is 2.35. The van der Waals surface area contributed by atoms with E-state index < -0.39 is 0 Å². The number of nitrogens with one attached hydrogen (secondary N) is 1. The molecule has 8 heteroatoms. The molecule has 0 saturated carbocycles. The summed E-state index contributed by atoms with van der Waals surface area (Å²) in [5.41, 5.74) is 6.15. The Hall–Kier alpha value is -0.250. The highest BCUT2D eigenvalue weighted by Crippen LogP contribution is 2.40. The highest BCUT2D eigenvalue weighted by molar-refractivity contribution is 9.11. The minimum atomic E-state index is 0.0789. The molecule has 0 bridgehead atoms. The van der Waals surface area contributed by atoms with E-state index >= 15 is 0 Å². The number of fused-ring (bicyclic) bond motifs is 1. The summed E-state index contributed by atoms with van der Waals surface area (Å²) < 4.78 is 10.9. The Kier molecular flexibility index (Phi) is 11.6. The zero-order chi connectivity index (χ0) is 26.4. The first kappa shape index (κ1) is 29.7. The predicted molar refractivity (Wildman–Crippen MR) is 175 cm³/mol. The third-order valence-corrected chi connectivity index (χ3v) is 12.2. The van der Waals surface area contributed by atoms with Gasteiger partial charge in [-0.1, -0.05) is 79.1 Å². The second-order valence-electron chi connectivity index (χ2n) is 10.2. The molecule has 0 aromatic carbocycles. The number of unbranched alkanes of at least 4 members (excludes halogenated alkanes) is 2. The molecule has 0 aliphatic carbocycles. The Labute approximate surface area is 252 Å². The fourth-order valence-corrected chi connectivity index (χ4v) is 9.32. The van der Waals surface area contributed by atoms with Gasteiger partial charge in [-0.3, -0.25) is 4.99 Å². The van der Waals surface area contributed by atoms with Crippen LogP contribution in [0.2, 0.25) is 0 Å². The van der Waals surface area contributed by atoms with Crippen LogP contribution in [0.15, 0.2) is 35.3 Å². The number of halogens is 2. The van der Waals surface area contributed by atoms with Gasteiger partial charge in [0, 0.05) is 16.7 Å². The van der Waals surface area contributed by atoms with Crippen LogP contribution < -0.4 is 4.72 Å². The molecule has 3 atom stereocenters. The zero-order valence-corrected chi connectivity index (χ0v) is 28.0. The highest BCUT2D eigenvalue weighted by atomic mass is 79.9. The molecule has 4 rings (SSSR count). The van der Waals surface area contributed by atoms with Crippen molar-refractivity contribution >= 4 is 83.7 Å². The van der Waals surface area contributed by atoms with Crippen LogP contribution in [0.25, 0.3) is 5.57 Å². The van der Waals surface area contributed by atoms with Gasteiger partial charge in [0.2, 0.25) is 0 Å². The number of nitrogens with zero attached hydrogens (tertiary/aromatic N) is 2. The monoisotopic (exact) mass is 683 g/mol. The van der Waals surface area contributed by atoms with Gasteiger partial charge in [-0.15, -0.1) is 22.7 Å². The molecule has 202 valence electrons. The van der Waals surface area contributed by atoms with E-state index in [4.69, 9.17) is 9.39 Å². The molecule has 37 heavy (non-hydrogen) atoms. The minimum absolute atomic E-state index is 0.0789. The van der Waals surface area contributed by atoms with Crippen molar-refractivity contribution in [3.05, 3.63) is 46.8 Å². The predicted octanol–water partition coefficient (Wildman–Crippen LogP) is 10.7. The molecule has 3 nitrogen and oxygen atoms in total. The van der Waals surface area contributed by atoms with Crippen LogP contribution in [-0.4, -0.2) is 17.5 Å². The van der Waals surface area contributed by atoms with Crippen LogP contribution in [0.4, 0.5) is 0 Å². The first-order valence-corrected chi connectivity index (χ1v) is 17.8. The van der Waals surface area contributed by atoms with Crippen molar-refractivity contribution in [1.29, 1.82) is 0 Å². The third kappa shape index (κ3) is 7.29. The lowest BCUT2D eigenvalue weighted by atomic mass is 9.91. The maximum absolute atomic E-state index is 5.01. The van der Waals surface area contributed by atoms with Crippen molar-refractivity contribution < 1.29 is 0 Å². The quantitative estimate of drug-likeness (QED) is 0.201. The summed E-state index contributed by atoms with van der Waals surface area (Å²) in [7, 11) is 0. The van der Waals surface area contributed by atoms with Crippen LogP contribution in [0, 0.1) is 11.8 Å². The van der Waals surface area contributed by atoms with E-state index in [2.05, 4.69) is 82.6 Å². The number of rotatable bonds is 14. The van der Waals surface area contributed by atoms with E-state index in [9.17, 15) is 0 Å². The summed E-state index contributed by atoms with van der Waals surface area (Å²) >= 11 is 12.8. The van der Waals surface area contributed by atoms with Crippen LogP contribution in [0.5, 0.6) is 0 Å². The molecule has 0 saturated heterocycles. The molecule has 2 aliphatic rings. The van der Waals surface area contributed by atoms with Crippen molar-refractivity contribution in [3.63, 3.8) is 0 Å². The van der Waals surface area contributed by atoms with Gasteiger partial charge in [0.15, 0.2) is 0 Å². The Morgan fingerprint density at radius 1 is 0.865 bits per heavy atom. The van der Waals surface area contributed by atoms with E-state index in [1.165, 1.54) is 97.5 Å². The van der Waals surface area contributed by atoms with E-state index in [0.29, 0.717) is 0 Å². The van der Waals surface area contributed by atoms with Crippen molar-refractivity contribution in [2.24, 2.45) is 21.2 Å². The normalized spacial score (nSPS) is 18.9. The maximum atomic E-state index is 5.01. The average molecular weight is 686 g/mol. The second-order valence-corrected chi connectivity index (χ2v) is 15.6. The molecular formula is C29H39Br2N3S3. The standard InChI is InChI=1S/C29H39Br2N3S3/c1-5-9-11-18(7-3)13-20-15-23(35-28(20)30)22-17-32-26(27-25(22)33-37-34-27)24-16-21(29(31)36-24)14-19(8-4)12-10-6-2/h15-19,25,33H,5-14H2,1-4H3. The van der Waals surface area contributed by atoms with Gasteiger partial charge in [0.25, 0.3) is 0 Å². The Morgan fingerprint density at radius 2 is 1.43 bits per heavy atom. The lowest BCUT2D eigenvalue weighted by Gasteiger charge is -2.20. The number of hydrogen-bond donors (Lipinski definition) is 1. The van der Waals surface area contributed by atoms with E-state index in [1.54, 1.807) is 11.3 Å². The smallest absolute Gasteiger partial charge is 0.104 e. The summed E-state index contributed by atoms with van der Waals surface area (Å²) in [6.45, 7) is 9.21. The van der Waals surface area contributed by atoms with Gasteiger partial charge < -0.3 is 0 Å². The van der Waals surface area contributed by atoms with E-state index in [0.717, 1.165) is 36.1 Å². The SMILES string of the molecule is CCCCC(CC)Cc1cc(C2=CN=C(c3cc(CC(CC)CCCC)c(Br)s3)C3=NSNC23)sc1Br. The van der Waals surface area contributed by atoms with Crippen molar-refractivity contribution in [2.75, 3.05) is 0 Å². The van der Waals surface area contributed by atoms with Gasteiger partial charge in [-0.25, -0.2) is 9.12 Å². The van der Waals surface area contributed by atoms with Crippen molar-refractivity contribution in [3.8, 4) is 0 Å². The minimum Gasteiger partial charge on any atom is -0.253 e. The van der Waals surface area contributed by atoms with Gasteiger partial charge in [0.05, 0.1) is 36.3 Å². The number of thiophene rings is 2. The lowest BCUT2D eigenvalue weighted by molar-refractivity contribution is 0.449.